The van der Waals surface area contributed by atoms with Gasteiger partial charge in [-0.3, -0.25) is 4.90 Å². The van der Waals surface area contributed by atoms with Crippen molar-refractivity contribution in [3.63, 3.8) is 0 Å². The lowest BCUT2D eigenvalue weighted by molar-refractivity contribution is -0.138. The van der Waals surface area contributed by atoms with Gasteiger partial charge in [0.1, 0.15) is 5.82 Å². The number of halogens is 3. The fraction of sp³-hybridized carbons (Fsp3) is 0.333. The largest absolute Gasteiger partial charge is 0.416 e. The third-order valence-corrected chi connectivity index (χ3v) is 6.88. The number of hydrogen-bond donors (Lipinski definition) is 3. The molecule has 0 aliphatic carbocycles. The molecule has 0 saturated carbocycles. The lowest BCUT2D eigenvalue weighted by atomic mass is 10.0. The quantitative estimate of drug-likeness (QED) is 0.373. The van der Waals surface area contributed by atoms with E-state index in [0.29, 0.717) is 30.2 Å². The Morgan fingerprint density at radius 3 is 2.35 bits per heavy atom. The number of amides is 2. The summed E-state index contributed by atoms with van der Waals surface area (Å²) in [5, 5.41) is 5.21. The minimum absolute atomic E-state index is 0.0571. The Balaban J connectivity index is 1.46. The van der Waals surface area contributed by atoms with Crippen LogP contribution in [0.25, 0.3) is 0 Å². The van der Waals surface area contributed by atoms with Gasteiger partial charge in [0.15, 0.2) is 0 Å². The standard InChI is InChI=1S/C30H33F3N6O/c1-4-22-15-21(18-35-28(22)34)6-7-23-16-25(9-5-20(23)2)36-29(40)37-26-10-8-24(27(17-26)30(31,32)33)19-39-13-11-38(3)12-14-39/h5,8-10,15-18H,4,11-14,19H2,1-3H3,(H2,34,35)(H2,36,37,40). The van der Waals surface area contributed by atoms with Gasteiger partial charge in [0.05, 0.1) is 5.56 Å². The molecule has 0 radical (unpaired) electrons. The van der Waals surface area contributed by atoms with Crippen LogP contribution in [0.3, 0.4) is 0 Å². The Morgan fingerprint density at radius 1 is 1.00 bits per heavy atom. The van der Waals surface area contributed by atoms with Crippen LogP contribution in [-0.4, -0.2) is 54.0 Å². The number of aryl methyl sites for hydroxylation is 2. The van der Waals surface area contributed by atoms with E-state index in [2.05, 4.69) is 32.4 Å². The molecule has 1 aliphatic rings. The molecule has 0 unspecified atom stereocenters. The van der Waals surface area contributed by atoms with Gasteiger partial charge in [0.2, 0.25) is 0 Å². The molecule has 40 heavy (non-hydrogen) atoms. The zero-order valence-corrected chi connectivity index (χ0v) is 22.8. The number of benzene rings is 2. The van der Waals surface area contributed by atoms with Gasteiger partial charge in [-0.1, -0.05) is 30.9 Å². The summed E-state index contributed by atoms with van der Waals surface area (Å²) in [6.45, 7) is 7.12. The Kier molecular flexibility index (Phi) is 8.97. The molecule has 7 nitrogen and oxygen atoms in total. The molecular formula is C30H33F3N6O. The third-order valence-electron chi connectivity index (χ3n) is 6.88. The zero-order chi connectivity index (χ0) is 28.9. The molecule has 10 heteroatoms. The van der Waals surface area contributed by atoms with E-state index in [0.717, 1.165) is 42.3 Å². The molecule has 4 N–H and O–H groups in total. The number of aromatic nitrogens is 1. The second-order valence-corrected chi connectivity index (χ2v) is 9.93. The number of nitrogen functional groups attached to an aromatic ring is 1. The number of pyridine rings is 1. The highest BCUT2D eigenvalue weighted by Gasteiger charge is 2.34. The second-order valence-electron chi connectivity index (χ2n) is 9.93. The monoisotopic (exact) mass is 550 g/mol. The molecule has 0 spiro atoms. The molecule has 210 valence electrons. The molecule has 3 aromatic rings. The lowest BCUT2D eigenvalue weighted by Gasteiger charge is -2.33. The van der Waals surface area contributed by atoms with Crippen LogP contribution in [0.5, 0.6) is 0 Å². The third kappa shape index (κ3) is 7.52. The minimum Gasteiger partial charge on any atom is -0.383 e. The minimum atomic E-state index is -4.54. The first-order chi connectivity index (χ1) is 19.0. The molecule has 1 aromatic heterocycles. The number of anilines is 3. The van der Waals surface area contributed by atoms with Crippen LogP contribution < -0.4 is 16.4 Å². The zero-order valence-electron chi connectivity index (χ0n) is 22.8. The lowest BCUT2D eigenvalue weighted by Crippen LogP contribution is -2.44. The molecule has 1 fully saturated rings. The van der Waals surface area contributed by atoms with E-state index in [1.165, 1.54) is 12.1 Å². The molecule has 2 heterocycles. The van der Waals surface area contributed by atoms with Gasteiger partial charge in [0.25, 0.3) is 0 Å². The Hall–Kier alpha value is -4.07. The highest BCUT2D eigenvalue weighted by molar-refractivity contribution is 6.00. The van der Waals surface area contributed by atoms with Crippen molar-refractivity contribution in [3.8, 4) is 11.8 Å². The summed E-state index contributed by atoms with van der Waals surface area (Å²) in [4.78, 5) is 21.0. The van der Waals surface area contributed by atoms with Crippen molar-refractivity contribution in [1.29, 1.82) is 0 Å². The summed E-state index contributed by atoms with van der Waals surface area (Å²) in [6.07, 6.45) is -2.19. The van der Waals surface area contributed by atoms with E-state index in [9.17, 15) is 18.0 Å². The summed E-state index contributed by atoms with van der Waals surface area (Å²) in [7, 11) is 2.00. The molecule has 0 atom stereocenters. The molecule has 2 aromatic carbocycles. The predicted octanol–water partition coefficient (Wildman–Crippen LogP) is 5.34. The fourth-order valence-electron chi connectivity index (χ4n) is 4.44. The van der Waals surface area contributed by atoms with Gasteiger partial charge < -0.3 is 21.3 Å². The van der Waals surface area contributed by atoms with Crippen molar-refractivity contribution in [1.82, 2.24) is 14.8 Å². The van der Waals surface area contributed by atoms with Crippen LogP contribution in [0.15, 0.2) is 48.7 Å². The highest BCUT2D eigenvalue weighted by atomic mass is 19.4. The van der Waals surface area contributed by atoms with Crippen LogP contribution in [0.1, 0.15) is 40.3 Å². The first-order valence-corrected chi connectivity index (χ1v) is 13.1. The Morgan fingerprint density at radius 2 is 1.68 bits per heavy atom. The van der Waals surface area contributed by atoms with Crippen LogP contribution in [0.2, 0.25) is 0 Å². The van der Waals surface area contributed by atoms with Crippen molar-refractivity contribution < 1.29 is 18.0 Å². The van der Waals surface area contributed by atoms with Crippen LogP contribution in [0, 0.1) is 18.8 Å². The fourth-order valence-corrected chi connectivity index (χ4v) is 4.44. The van der Waals surface area contributed by atoms with Crippen LogP contribution in [-0.2, 0) is 19.1 Å². The highest BCUT2D eigenvalue weighted by Crippen LogP contribution is 2.34. The van der Waals surface area contributed by atoms with Gasteiger partial charge >= 0.3 is 12.2 Å². The molecule has 1 saturated heterocycles. The van der Waals surface area contributed by atoms with Gasteiger partial charge in [-0.05, 0) is 67.4 Å². The van der Waals surface area contributed by atoms with E-state index in [1.54, 1.807) is 18.3 Å². The number of alkyl halides is 3. The van der Waals surface area contributed by atoms with Crippen LogP contribution in [0.4, 0.5) is 35.2 Å². The van der Waals surface area contributed by atoms with E-state index in [-0.39, 0.29) is 17.8 Å². The maximum Gasteiger partial charge on any atom is 0.416 e. The van der Waals surface area contributed by atoms with E-state index in [1.807, 2.05) is 37.9 Å². The topological polar surface area (TPSA) is 86.5 Å². The average molecular weight is 551 g/mol. The number of piperazine rings is 1. The smallest absolute Gasteiger partial charge is 0.383 e. The predicted molar refractivity (Wildman–Crippen MR) is 152 cm³/mol. The van der Waals surface area contributed by atoms with Crippen molar-refractivity contribution in [3.05, 3.63) is 82.0 Å². The number of nitrogens with one attached hydrogen (secondary N) is 2. The molecule has 1 aliphatic heterocycles. The number of carbonyl (C=O) groups is 1. The Bertz CT molecular complexity index is 1440. The summed E-state index contributed by atoms with van der Waals surface area (Å²) < 4.78 is 41.7. The normalized spacial score (nSPS) is 14.3. The number of nitrogens with two attached hydrogens (primary N) is 1. The average Bonchev–Trinajstić information content (AvgIpc) is 2.91. The molecule has 0 bridgehead atoms. The van der Waals surface area contributed by atoms with Gasteiger partial charge in [-0.25, -0.2) is 9.78 Å². The van der Waals surface area contributed by atoms with Crippen molar-refractivity contribution in [2.45, 2.75) is 33.0 Å². The van der Waals surface area contributed by atoms with E-state index in [4.69, 9.17) is 5.73 Å². The first-order valence-electron chi connectivity index (χ1n) is 13.1. The van der Waals surface area contributed by atoms with Gasteiger partial charge in [-0.15, -0.1) is 0 Å². The van der Waals surface area contributed by atoms with E-state index >= 15 is 0 Å². The summed E-state index contributed by atoms with van der Waals surface area (Å²) in [6, 6.07) is 10.4. The van der Waals surface area contributed by atoms with Gasteiger partial charge in [0, 0.05) is 61.4 Å². The van der Waals surface area contributed by atoms with E-state index < -0.39 is 17.8 Å². The maximum atomic E-state index is 13.9. The summed E-state index contributed by atoms with van der Waals surface area (Å²) in [5.41, 5.74) is 9.05. The number of urea groups is 1. The Labute approximate surface area is 232 Å². The number of hydrogen-bond acceptors (Lipinski definition) is 5. The number of rotatable bonds is 5. The molecular weight excluding hydrogens is 517 g/mol. The SMILES string of the molecule is CCc1cc(C#Cc2cc(NC(=O)Nc3ccc(CN4CCN(C)CC4)c(C(F)(F)F)c3)ccc2C)cnc1N. The second kappa shape index (κ2) is 12.4. The molecule has 2 amide bonds. The molecule has 4 rings (SSSR count). The van der Waals surface area contributed by atoms with Gasteiger partial charge in [-0.2, -0.15) is 13.2 Å². The number of carbonyl (C=O) groups excluding carboxylic acids is 1. The van der Waals surface area contributed by atoms with Crippen molar-refractivity contribution in [2.24, 2.45) is 0 Å². The maximum absolute atomic E-state index is 13.9. The van der Waals surface area contributed by atoms with Crippen molar-refractivity contribution >= 4 is 23.2 Å². The van der Waals surface area contributed by atoms with Crippen LogP contribution >= 0.6 is 0 Å². The summed E-state index contributed by atoms with van der Waals surface area (Å²) in [5.74, 6) is 6.65. The summed E-state index contributed by atoms with van der Waals surface area (Å²) >= 11 is 0. The first kappa shape index (κ1) is 28.9. The number of likely N-dealkylation sites (N-methyl/N-ethyl adjacent to an activating group) is 1. The van der Waals surface area contributed by atoms with Crippen molar-refractivity contribution in [2.75, 3.05) is 49.6 Å². The number of nitrogens with zero attached hydrogens (tertiary/aromatic N) is 3.